The van der Waals surface area contributed by atoms with Crippen molar-refractivity contribution >= 4 is 17.8 Å². The Morgan fingerprint density at radius 2 is 1.67 bits per heavy atom. The Hall–Kier alpha value is -1.63. The van der Waals surface area contributed by atoms with Gasteiger partial charge in [0.25, 0.3) is 0 Å². The Balaban J connectivity index is 0. The summed E-state index contributed by atoms with van der Waals surface area (Å²) in [6, 6.07) is -0.740. The van der Waals surface area contributed by atoms with Gasteiger partial charge in [-0.1, -0.05) is 13.8 Å². The zero-order chi connectivity index (χ0) is 17.0. The van der Waals surface area contributed by atoms with E-state index < -0.39 is 12.0 Å². The minimum Gasteiger partial charge on any atom is -0.481 e. The van der Waals surface area contributed by atoms with Crippen LogP contribution in [0.15, 0.2) is 0 Å². The van der Waals surface area contributed by atoms with Gasteiger partial charge in [-0.3, -0.25) is 14.4 Å². The van der Waals surface area contributed by atoms with Crippen LogP contribution in [-0.4, -0.2) is 73.0 Å². The highest BCUT2D eigenvalue weighted by Crippen LogP contribution is 2.06. The van der Waals surface area contributed by atoms with E-state index >= 15 is 0 Å². The predicted molar refractivity (Wildman–Crippen MR) is 82.0 cm³/mol. The summed E-state index contributed by atoms with van der Waals surface area (Å²) >= 11 is 0. The number of nitrogens with zero attached hydrogens (tertiary/aromatic N) is 2. The van der Waals surface area contributed by atoms with Gasteiger partial charge in [-0.25, -0.2) is 0 Å². The normalized spacial score (nSPS) is 11.2. The highest BCUT2D eigenvalue weighted by molar-refractivity contribution is 5.87. The third kappa shape index (κ3) is 10.8. The van der Waals surface area contributed by atoms with Crippen LogP contribution in [0.5, 0.6) is 0 Å². The smallest absolute Gasteiger partial charge is 0.303 e. The Morgan fingerprint density at radius 1 is 1.14 bits per heavy atom. The summed E-state index contributed by atoms with van der Waals surface area (Å²) in [4.78, 5) is 37.0. The van der Waals surface area contributed by atoms with E-state index in [0.29, 0.717) is 13.1 Å². The van der Waals surface area contributed by atoms with E-state index in [4.69, 9.17) is 5.11 Å². The van der Waals surface area contributed by atoms with Crippen molar-refractivity contribution in [2.45, 2.75) is 39.7 Å². The van der Waals surface area contributed by atoms with E-state index in [0.717, 1.165) is 0 Å². The molecule has 0 aliphatic rings. The first-order chi connectivity index (χ1) is 9.75. The van der Waals surface area contributed by atoms with Crippen molar-refractivity contribution in [2.24, 2.45) is 0 Å². The molecule has 2 amide bonds. The van der Waals surface area contributed by atoms with Crippen LogP contribution in [-0.2, 0) is 14.4 Å². The number of amides is 2. The van der Waals surface area contributed by atoms with Gasteiger partial charge >= 0.3 is 5.97 Å². The number of carbonyl (C=O) groups excluding carboxylic acids is 2. The van der Waals surface area contributed by atoms with Crippen molar-refractivity contribution in [3.05, 3.63) is 0 Å². The lowest BCUT2D eigenvalue weighted by Crippen LogP contribution is -2.48. The lowest BCUT2D eigenvalue weighted by Gasteiger charge is -2.26. The molecular weight excluding hydrogens is 274 g/mol. The molecule has 0 radical (unpaired) electrons. The first-order valence-electron chi connectivity index (χ1n) is 7.13. The zero-order valence-electron chi connectivity index (χ0n) is 14.0. The van der Waals surface area contributed by atoms with Gasteiger partial charge in [0.1, 0.15) is 6.04 Å². The SMILES string of the molecule is CC.CC(=O)N(C)C(CCC(=O)O)C(=O)NCCN(C)C. The van der Waals surface area contributed by atoms with Crippen LogP contribution >= 0.6 is 0 Å². The van der Waals surface area contributed by atoms with Gasteiger partial charge in [0.15, 0.2) is 0 Å². The number of carboxylic acid groups (broad SMARTS) is 1. The number of carboxylic acids is 1. The van der Waals surface area contributed by atoms with E-state index in [1.165, 1.54) is 18.9 Å². The van der Waals surface area contributed by atoms with Gasteiger partial charge in [-0.2, -0.15) is 0 Å². The zero-order valence-corrected chi connectivity index (χ0v) is 14.0. The third-order valence-corrected chi connectivity index (χ3v) is 2.76. The Kier molecular flexibility index (Phi) is 12.5. The van der Waals surface area contributed by atoms with E-state index in [9.17, 15) is 14.4 Å². The molecule has 0 aromatic heterocycles. The summed E-state index contributed by atoms with van der Waals surface area (Å²) in [5, 5.41) is 11.4. The fourth-order valence-corrected chi connectivity index (χ4v) is 1.50. The second kappa shape index (κ2) is 12.1. The van der Waals surface area contributed by atoms with Crippen molar-refractivity contribution in [2.75, 3.05) is 34.2 Å². The highest BCUT2D eigenvalue weighted by Gasteiger charge is 2.25. The summed E-state index contributed by atoms with van der Waals surface area (Å²) in [5.41, 5.74) is 0. The van der Waals surface area contributed by atoms with Crippen LogP contribution in [0.25, 0.3) is 0 Å². The van der Waals surface area contributed by atoms with Gasteiger partial charge in [0, 0.05) is 33.5 Å². The fraction of sp³-hybridized carbons (Fsp3) is 0.786. The minimum absolute atomic E-state index is 0.110. The van der Waals surface area contributed by atoms with Crippen molar-refractivity contribution in [3.8, 4) is 0 Å². The Morgan fingerprint density at radius 3 is 2.05 bits per heavy atom. The monoisotopic (exact) mass is 303 g/mol. The van der Waals surface area contributed by atoms with Crippen molar-refractivity contribution in [1.82, 2.24) is 15.1 Å². The minimum atomic E-state index is -0.983. The van der Waals surface area contributed by atoms with Gasteiger partial charge < -0.3 is 20.2 Å². The average Bonchev–Trinajstić information content (AvgIpc) is 2.40. The molecule has 0 bridgehead atoms. The summed E-state index contributed by atoms with van der Waals surface area (Å²) in [5.74, 6) is -1.57. The average molecular weight is 303 g/mol. The quantitative estimate of drug-likeness (QED) is 0.677. The van der Waals surface area contributed by atoms with Crippen LogP contribution in [0.2, 0.25) is 0 Å². The predicted octanol–water partition coefficient (Wildman–Crippen LogP) is 0.402. The molecule has 0 heterocycles. The maximum Gasteiger partial charge on any atom is 0.303 e. The van der Waals surface area contributed by atoms with Gasteiger partial charge in [-0.05, 0) is 20.5 Å². The van der Waals surface area contributed by atoms with E-state index in [-0.39, 0.29) is 24.7 Å². The van der Waals surface area contributed by atoms with Gasteiger partial charge in [0.2, 0.25) is 11.8 Å². The van der Waals surface area contributed by atoms with Crippen LogP contribution in [0.1, 0.15) is 33.6 Å². The summed E-state index contributed by atoms with van der Waals surface area (Å²) in [6.45, 7) is 6.49. The molecule has 0 fully saturated rings. The summed E-state index contributed by atoms with van der Waals surface area (Å²) < 4.78 is 0. The van der Waals surface area contributed by atoms with Crippen LogP contribution < -0.4 is 5.32 Å². The molecular formula is C14H29N3O4. The molecule has 0 aliphatic heterocycles. The molecule has 7 heteroatoms. The Labute approximate surface area is 127 Å². The van der Waals surface area contributed by atoms with Crippen LogP contribution in [0.3, 0.4) is 0 Å². The number of carbonyl (C=O) groups is 3. The van der Waals surface area contributed by atoms with E-state index in [2.05, 4.69) is 5.32 Å². The molecule has 0 saturated carbocycles. The van der Waals surface area contributed by atoms with Gasteiger partial charge in [0.05, 0.1) is 0 Å². The highest BCUT2D eigenvalue weighted by atomic mass is 16.4. The van der Waals surface area contributed by atoms with Crippen LogP contribution in [0, 0.1) is 0 Å². The molecule has 21 heavy (non-hydrogen) atoms. The van der Waals surface area contributed by atoms with Crippen LogP contribution in [0.4, 0.5) is 0 Å². The maximum absolute atomic E-state index is 12.0. The fourth-order valence-electron chi connectivity index (χ4n) is 1.50. The molecule has 2 N–H and O–H groups in total. The molecule has 124 valence electrons. The molecule has 0 aromatic rings. The second-order valence-corrected chi connectivity index (χ2v) is 4.67. The first-order valence-corrected chi connectivity index (χ1v) is 7.13. The molecule has 1 unspecified atom stereocenters. The standard InChI is InChI=1S/C12H23N3O4.C2H6/c1-9(16)15(4)10(5-6-11(17)18)12(19)13-7-8-14(2)3;1-2/h10H,5-8H2,1-4H3,(H,13,19)(H,17,18);1-2H3. The second-order valence-electron chi connectivity index (χ2n) is 4.67. The lowest BCUT2D eigenvalue weighted by molar-refractivity contribution is -0.141. The van der Waals surface area contributed by atoms with Crippen molar-refractivity contribution in [3.63, 3.8) is 0 Å². The van der Waals surface area contributed by atoms with Crippen molar-refractivity contribution in [1.29, 1.82) is 0 Å². The third-order valence-electron chi connectivity index (χ3n) is 2.76. The summed E-state index contributed by atoms with van der Waals surface area (Å²) in [6.07, 6.45) is -0.0391. The molecule has 7 nitrogen and oxygen atoms in total. The molecule has 0 rings (SSSR count). The first kappa shape index (κ1) is 21.7. The number of hydrogen-bond donors (Lipinski definition) is 2. The molecule has 0 aromatic carbocycles. The molecule has 0 saturated heterocycles. The Bertz CT molecular complexity index is 332. The number of nitrogens with one attached hydrogen (secondary N) is 1. The maximum atomic E-state index is 12.0. The molecule has 0 spiro atoms. The summed E-state index contributed by atoms with van der Waals surface area (Å²) in [7, 11) is 5.27. The number of likely N-dealkylation sites (N-methyl/N-ethyl adjacent to an activating group) is 2. The van der Waals surface area contributed by atoms with Gasteiger partial charge in [-0.15, -0.1) is 0 Å². The molecule has 0 aliphatic carbocycles. The number of rotatable bonds is 8. The molecule has 1 atom stereocenters. The van der Waals surface area contributed by atoms with E-state index in [1.807, 2.05) is 32.8 Å². The lowest BCUT2D eigenvalue weighted by atomic mass is 10.1. The topological polar surface area (TPSA) is 90.0 Å². The largest absolute Gasteiger partial charge is 0.481 e. The van der Waals surface area contributed by atoms with E-state index in [1.54, 1.807) is 0 Å². The number of aliphatic carboxylic acids is 1. The number of hydrogen-bond acceptors (Lipinski definition) is 4. The van der Waals surface area contributed by atoms with Crippen molar-refractivity contribution < 1.29 is 19.5 Å².